The van der Waals surface area contributed by atoms with E-state index in [-0.39, 0.29) is 18.9 Å². The summed E-state index contributed by atoms with van der Waals surface area (Å²) >= 11 is 0. The van der Waals surface area contributed by atoms with E-state index in [4.69, 9.17) is 9.47 Å². The van der Waals surface area contributed by atoms with Crippen molar-refractivity contribution >= 4 is 18.0 Å². The average Bonchev–Trinajstić information content (AvgIpc) is 3.01. The first-order valence-electron chi connectivity index (χ1n) is 9.46. The fourth-order valence-electron chi connectivity index (χ4n) is 3.46. The number of rotatable bonds is 9. The summed E-state index contributed by atoms with van der Waals surface area (Å²) in [6, 6.07) is 8.63. The molecule has 7 nitrogen and oxygen atoms in total. The summed E-state index contributed by atoms with van der Waals surface area (Å²) in [4.78, 5) is 39.2. The van der Waals surface area contributed by atoms with Crippen molar-refractivity contribution in [1.29, 1.82) is 0 Å². The average molecular weight is 388 g/mol. The van der Waals surface area contributed by atoms with E-state index in [2.05, 4.69) is 11.9 Å². The Labute approximate surface area is 165 Å². The lowest BCUT2D eigenvalue weighted by atomic mass is 9.93. The van der Waals surface area contributed by atoms with Crippen LogP contribution in [0.2, 0.25) is 0 Å². The van der Waals surface area contributed by atoms with Crippen molar-refractivity contribution in [2.45, 2.75) is 50.8 Å². The molecule has 0 saturated carbocycles. The highest BCUT2D eigenvalue weighted by Crippen LogP contribution is 2.30. The van der Waals surface area contributed by atoms with Crippen LogP contribution in [0, 0.1) is 0 Å². The minimum atomic E-state index is -1.16. The number of benzene rings is 1. The van der Waals surface area contributed by atoms with E-state index < -0.39 is 23.6 Å². The van der Waals surface area contributed by atoms with Gasteiger partial charge in [0.25, 0.3) is 0 Å². The van der Waals surface area contributed by atoms with Gasteiger partial charge in [0.2, 0.25) is 5.91 Å². The molecule has 1 saturated heterocycles. The van der Waals surface area contributed by atoms with Gasteiger partial charge in [0.15, 0.2) is 0 Å². The molecule has 7 heteroatoms. The lowest BCUT2D eigenvalue weighted by Gasteiger charge is -2.30. The molecule has 0 radical (unpaired) electrons. The molecule has 1 aliphatic rings. The van der Waals surface area contributed by atoms with Crippen LogP contribution >= 0.6 is 0 Å². The number of nitrogens with zero attached hydrogens (tertiary/aromatic N) is 1. The first-order valence-corrected chi connectivity index (χ1v) is 9.46. The monoisotopic (exact) mass is 388 g/mol. The van der Waals surface area contributed by atoms with Crippen LogP contribution in [0.15, 0.2) is 43.0 Å². The molecule has 2 amide bonds. The van der Waals surface area contributed by atoms with Gasteiger partial charge in [-0.15, -0.1) is 6.58 Å². The van der Waals surface area contributed by atoms with Crippen LogP contribution in [-0.2, 0) is 25.7 Å². The highest BCUT2D eigenvalue weighted by molar-refractivity contribution is 5.95. The summed E-state index contributed by atoms with van der Waals surface area (Å²) in [7, 11) is 1.31. The van der Waals surface area contributed by atoms with Crippen molar-refractivity contribution in [2.75, 3.05) is 13.7 Å². The van der Waals surface area contributed by atoms with Crippen molar-refractivity contribution in [3.8, 4) is 0 Å². The van der Waals surface area contributed by atoms with Crippen molar-refractivity contribution < 1.29 is 23.9 Å². The highest BCUT2D eigenvalue weighted by Gasteiger charge is 2.50. The van der Waals surface area contributed by atoms with E-state index in [0.717, 1.165) is 12.0 Å². The molecule has 0 bridgehead atoms. The maximum atomic E-state index is 13.2. The third kappa shape index (κ3) is 4.91. The largest absolute Gasteiger partial charge is 0.467 e. The maximum Gasteiger partial charge on any atom is 0.408 e. The molecule has 0 aromatic heterocycles. The van der Waals surface area contributed by atoms with E-state index in [1.165, 1.54) is 12.0 Å². The minimum Gasteiger partial charge on any atom is -0.467 e. The number of amides is 2. The number of nitrogens with one attached hydrogen (secondary N) is 1. The summed E-state index contributed by atoms with van der Waals surface area (Å²) in [6.45, 7) is 6.10. The molecular weight excluding hydrogens is 360 g/mol. The molecule has 1 heterocycles. The lowest BCUT2D eigenvalue weighted by molar-refractivity contribution is -0.152. The van der Waals surface area contributed by atoms with Crippen molar-refractivity contribution in [1.82, 2.24) is 10.2 Å². The molecule has 1 aromatic carbocycles. The van der Waals surface area contributed by atoms with Gasteiger partial charge in [-0.2, -0.15) is 0 Å². The summed E-state index contributed by atoms with van der Waals surface area (Å²) in [6.07, 6.45) is 2.77. The third-order valence-electron chi connectivity index (χ3n) is 4.91. The first kappa shape index (κ1) is 21.5. The van der Waals surface area contributed by atoms with E-state index in [1.54, 1.807) is 6.08 Å². The summed E-state index contributed by atoms with van der Waals surface area (Å²) in [5.74, 6) is -0.760. The van der Waals surface area contributed by atoms with Gasteiger partial charge in [0.05, 0.1) is 7.11 Å². The van der Waals surface area contributed by atoms with E-state index in [0.29, 0.717) is 19.4 Å². The molecule has 2 atom stereocenters. The molecular formula is C21H28N2O5. The van der Waals surface area contributed by atoms with Gasteiger partial charge in [-0.3, -0.25) is 4.79 Å². The quantitative estimate of drug-likeness (QED) is 0.519. The second-order valence-corrected chi connectivity index (χ2v) is 6.84. The van der Waals surface area contributed by atoms with Crippen LogP contribution in [0.4, 0.5) is 4.79 Å². The molecule has 1 fully saturated rings. The van der Waals surface area contributed by atoms with Gasteiger partial charge in [0.1, 0.15) is 18.2 Å². The van der Waals surface area contributed by atoms with Gasteiger partial charge in [-0.25, -0.2) is 9.59 Å². The van der Waals surface area contributed by atoms with Gasteiger partial charge in [0, 0.05) is 6.54 Å². The van der Waals surface area contributed by atoms with Gasteiger partial charge < -0.3 is 19.7 Å². The van der Waals surface area contributed by atoms with Crippen LogP contribution in [0.3, 0.4) is 0 Å². The Hall–Kier alpha value is -2.83. The molecule has 0 aliphatic carbocycles. The van der Waals surface area contributed by atoms with E-state index >= 15 is 0 Å². The molecule has 28 heavy (non-hydrogen) atoms. The number of alkyl carbamates (subject to hydrolysis) is 1. The number of carbonyl (C=O) groups excluding carboxylic acids is 3. The third-order valence-corrected chi connectivity index (χ3v) is 4.91. The number of methoxy groups -OCH3 is 1. The number of esters is 1. The summed E-state index contributed by atoms with van der Waals surface area (Å²) in [5.41, 5.74) is -0.307. The molecule has 2 rings (SSSR count). The van der Waals surface area contributed by atoms with Crippen LogP contribution in [0.1, 0.15) is 38.2 Å². The van der Waals surface area contributed by atoms with Gasteiger partial charge >= 0.3 is 12.1 Å². The molecule has 1 aromatic rings. The van der Waals surface area contributed by atoms with Crippen molar-refractivity contribution in [2.24, 2.45) is 0 Å². The first-order chi connectivity index (χ1) is 13.5. The zero-order chi connectivity index (χ0) is 20.6. The number of hydrogen-bond acceptors (Lipinski definition) is 5. The molecule has 0 spiro atoms. The van der Waals surface area contributed by atoms with Crippen molar-refractivity contribution in [3.05, 3.63) is 48.6 Å². The predicted octanol–water partition coefficient (Wildman–Crippen LogP) is 2.80. The Morgan fingerprint density at radius 3 is 2.68 bits per heavy atom. The van der Waals surface area contributed by atoms with Crippen LogP contribution < -0.4 is 5.32 Å². The Morgan fingerprint density at radius 1 is 1.36 bits per heavy atom. The fourth-order valence-corrected chi connectivity index (χ4v) is 3.46. The molecule has 1 aliphatic heterocycles. The Morgan fingerprint density at radius 2 is 2.07 bits per heavy atom. The van der Waals surface area contributed by atoms with Gasteiger partial charge in [-0.1, -0.05) is 49.8 Å². The lowest BCUT2D eigenvalue weighted by Crippen LogP contribution is -2.56. The number of likely N-dealkylation sites (tertiary alicyclic amines) is 1. The normalized spacial score (nSPS) is 19.8. The Kier molecular flexibility index (Phi) is 7.61. The number of ether oxygens (including phenoxy) is 2. The highest BCUT2D eigenvalue weighted by atomic mass is 16.5. The van der Waals surface area contributed by atoms with E-state index in [9.17, 15) is 14.4 Å². The predicted molar refractivity (Wildman–Crippen MR) is 104 cm³/mol. The summed E-state index contributed by atoms with van der Waals surface area (Å²) < 4.78 is 10.1. The zero-order valence-corrected chi connectivity index (χ0v) is 16.5. The topological polar surface area (TPSA) is 84.9 Å². The Balaban J connectivity index is 2.09. The zero-order valence-electron chi connectivity index (χ0n) is 16.5. The van der Waals surface area contributed by atoms with Crippen molar-refractivity contribution in [3.63, 3.8) is 0 Å². The number of hydrogen-bond donors (Lipinski definition) is 1. The van der Waals surface area contributed by atoms with Gasteiger partial charge in [-0.05, 0) is 24.8 Å². The van der Waals surface area contributed by atoms with Crippen LogP contribution in [0.25, 0.3) is 0 Å². The molecule has 152 valence electrons. The van der Waals surface area contributed by atoms with Crippen LogP contribution in [0.5, 0.6) is 0 Å². The molecule has 0 unspecified atom stereocenters. The maximum absolute atomic E-state index is 13.2. The number of carbonyl (C=O) groups is 3. The SMILES string of the molecule is C=CC[C@@]1(NC(=O)OCc2ccccc2)CCN([C@@H](CCC)C(=O)OC)C1=O. The summed E-state index contributed by atoms with van der Waals surface area (Å²) in [5, 5.41) is 2.72. The Bertz CT molecular complexity index is 706. The molecule has 1 N–H and O–H groups in total. The van der Waals surface area contributed by atoms with Crippen LogP contribution in [-0.4, -0.2) is 48.1 Å². The smallest absolute Gasteiger partial charge is 0.408 e. The minimum absolute atomic E-state index is 0.107. The second-order valence-electron chi connectivity index (χ2n) is 6.84. The fraction of sp³-hybridized carbons (Fsp3) is 0.476. The van der Waals surface area contributed by atoms with E-state index in [1.807, 2.05) is 37.3 Å². The standard InChI is InChI=1S/C21H28N2O5/c1-4-9-17(18(24)27-3)23-14-13-21(12-5-2,19(23)25)22-20(26)28-15-16-10-7-6-8-11-16/h5-8,10-11,17H,2,4,9,12-15H2,1,3H3,(H,22,26)/t17-,21+/m0/s1. The second kappa shape index (κ2) is 9.92.